The Kier molecular flexibility index (Phi) is 5.31. The zero-order chi connectivity index (χ0) is 22.2. The molecule has 0 spiro atoms. The Balaban J connectivity index is 1.71. The topological polar surface area (TPSA) is 109 Å². The molecule has 0 radical (unpaired) electrons. The minimum absolute atomic E-state index is 0.0943. The van der Waals surface area contributed by atoms with Gasteiger partial charge < -0.3 is 4.42 Å². The zero-order valence-electron chi connectivity index (χ0n) is 16.3. The van der Waals surface area contributed by atoms with Gasteiger partial charge in [0.2, 0.25) is 10.0 Å². The minimum atomic E-state index is -4.08. The molecule has 0 fully saturated rings. The van der Waals surface area contributed by atoms with E-state index in [4.69, 9.17) is 4.42 Å². The molecule has 0 aliphatic carbocycles. The third kappa shape index (κ3) is 4.47. The maximum absolute atomic E-state index is 13.3. The number of nitrogens with one attached hydrogen (secondary N) is 1. The van der Waals surface area contributed by atoms with Gasteiger partial charge in [0, 0.05) is 12.1 Å². The monoisotopic (exact) mass is 463 g/mol. The predicted octanol–water partition coefficient (Wildman–Crippen LogP) is 3.33. The highest BCUT2D eigenvalue weighted by Gasteiger charge is 2.39. The number of rotatable bonds is 6. The fourth-order valence-electron chi connectivity index (χ4n) is 3.24. The summed E-state index contributed by atoms with van der Waals surface area (Å²) in [5.41, 5.74) is 1.49. The van der Waals surface area contributed by atoms with Crippen molar-refractivity contribution in [3.8, 4) is 0 Å². The molecule has 1 aliphatic rings. The van der Waals surface area contributed by atoms with Crippen LogP contribution in [0, 0.1) is 5.82 Å². The van der Waals surface area contributed by atoms with Crippen LogP contribution in [-0.2, 0) is 20.0 Å². The van der Waals surface area contributed by atoms with Gasteiger partial charge in [0.25, 0.3) is 10.0 Å². The van der Waals surface area contributed by atoms with Gasteiger partial charge in [-0.15, -0.1) is 0 Å². The summed E-state index contributed by atoms with van der Waals surface area (Å²) in [5, 5.41) is 4.34. The Bertz CT molecular complexity index is 1320. The molecular formula is C20H18FN3O5S2. The molecule has 162 valence electrons. The second kappa shape index (κ2) is 7.82. The maximum atomic E-state index is 13.3. The molecule has 2 aromatic carbocycles. The van der Waals surface area contributed by atoms with Crippen molar-refractivity contribution < 1.29 is 25.6 Å². The zero-order valence-corrected chi connectivity index (χ0v) is 17.9. The molecule has 0 saturated carbocycles. The van der Waals surface area contributed by atoms with Crippen LogP contribution < -0.4 is 4.72 Å². The number of hydrazone groups is 1. The summed E-state index contributed by atoms with van der Waals surface area (Å²) in [4.78, 5) is -0.0943. The van der Waals surface area contributed by atoms with Crippen LogP contribution in [-0.4, -0.2) is 33.2 Å². The normalized spacial score (nSPS) is 16.9. The van der Waals surface area contributed by atoms with Gasteiger partial charge in [-0.3, -0.25) is 4.72 Å². The molecule has 1 atom stereocenters. The summed E-state index contributed by atoms with van der Waals surface area (Å²) in [6.45, 7) is 0. The van der Waals surface area contributed by atoms with Crippen molar-refractivity contribution in [3.05, 3.63) is 84.1 Å². The molecule has 0 saturated heterocycles. The molecule has 8 nitrogen and oxygen atoms in total. The standard InChI is InChI=1S/C20H18FN3O5S2/c1-30(25,26)23-16-8-4-14(5-9-16)18-13-19(20-3-2-12-29-20)24(22-18)31(27,28)17-10-6-15(21)7-11-17/h2-12,19,23H,13H2,1H3/t19-/m0/s1. The van der Waals surface area contributed by atoms with Gasteiger partial charge in [0.05, 0.1) is 23.1 Å². The third-order valence-corrected chi connectivity index (χ3v) is 6.93. The summed E-state index contributed by atoms with van der Waals surface area (Å²) < 4.78 is 71.3. The van der Waals surface area contributed by atoms with Gasteiger partial charge in [-0.25, -0.2) is 12.8 Å². The summed E-state index contributed by atoms with van der Waals surface area (Å²) >= 11 is 0. The van der Waals surface area contributed by atoms with E-state index in [0.717, 1.165) is 22.8 Å². The van der Waals surface area contributed by atoms with E-state index in [1.165, 1.54) is 18.4 Å². The number of nitrogens with zero attached hydrogens (tertiary/aromatic N) is 2. The van der Waals surface area contributed by atoms with Crippen LogP contribution in [0.4, 0.5) is 10.1 Å². The van der Waals surface area contributed by atoms with Crippen LogP contribution in [0.3, 0.4) is 0 Å². The van der Waals surface area contributed by atoms with E-state index in [0.29, 0.717) is 22.7 Å². The molecule has 1 aromatic heterocycles. The van der Waals surface area contributed by atoms with Crippen LogP contribution in [0.1, 0.15) is 23.8 Å². The molecule has 4 rings (SSSR count). The van der Waals surface area contributed by atoms with Crippen molar-refractivity contribution >= 4 is 31.4 Å². The van der Waals surface area contributed by atoms with Gasteiger partial charge in [-0.2, -0.15) is 17.9 Å². The molecule has 31 heavy (non-hydrogen) atoms. The summed E-state index contributed by atoms with van der Waals surface area (Å²) in [6.07, 6.45) is 2.74. The molecule has 0 unspecified atom stereocenters. The van der Waals surface area contributed by atoms with Gasteiger partial charge in [-0.1, -0.05) is 12.1 Å². The molecular weight excluding hydrogens is 445 g/mol. The average Bonchev–Trinajstić information content (AvgIpc) is 3.38. The molecule has 3 aromatic rings. The quantitative estimate of drug-likeness (QED) is 0.603. The van der Waals surface area contributed by atoms with E-state index in [1.807, 2.05) is 0 Å². The van der Waals surface area contributed by atoms with Gasteiger partial charge in [0.1, 0.15) is 17.6 Å². The first kappa shape index (κ1) is 21.1. The van der Waals surface area contributed by atoms with Crippen LogP contribution in [0.15, 0.2) is 81.3 Å². The summed E-state index contributed by atoms with van der Waals surface area (Å²) in [6, 6.07) is 13.6. The molecule has 1 aliphatic heterocycles. The first-order valence-corrected chi connectivity index (χ1v) is 12.5. The van der Waals surface area contributed by atoms with Crippen LogP contribution in [0.2, 0.25) is 0 Å². The average molecular weight is 464 g/mol. The van der Waals surface area contributed by atoms with Crippen molar-refractivity contribution in [2.45, 2.75) is 17.4 Å². The van der Waals surface area contributed by atoms with Crippen molar-refractivity contribution in [1.82, 2.24) is 4.41 Å². The number of benzene rings is 2. The molecule has 1 N–H and O–H groups in total. The lowest BCUT2D eigenvalue weighted by Crippen LogP contribution is -2.27. The van der Waals surface area contributed by atoms with Crippen molar-refractivity contribution in [1.29, 1.82) is 0 Å². The number of anilines is 1. The van der Waals surface area contributed by atoms with Gasteiger partial charge in [-0.05, 0) is 54.1 Å². The largest absolute Gasteiger partial charge is 0.467 e. The molecule has 2 heterocycles. The Morgan fingerprint density at radius 1 is 1.03 bits per heavy atom. The van der Waals surface area contributed by atoms with E-state index in [9.17, 15) is 21.2 Å². The number of furan rings is 1. The predicted molar refractivity (Wildman–Crippen MR) is 113 cm³/mol. The summed E-state index contributed by atoms with van der Waals surface area (Å²) in [7, 11) is -7.49. The molecule has 0 amide bonds. The molecule has 0 bridgehead atoms. The van der Waals surface area contributed by atoms with Gasteiger partial charge >= 0.3 is 0 Å². The van der Waals surface area contributed by atoms with Crippen LogP contribution >= 0.6 is 0 Å². The Labute approximate surface area is 179 Å². The number of sulfonamides is 2. The first-order valence-electron chi connectivity index (χ1n) is 9.12. The minimum Gasteiger partial charge on any atom is -0.467 e. The highest BCUT2D eigenvalue weighted by molar-refractivity contribution is 7.92. The fourth-order valence-corrected chi connectivity index (χ4v) is 5.22. The van der Waals surface area contributed by atoms with Crippen LogP contribution in [0.25, 0.3) is 0 Å². The van der Waals surface area contributed by atoms with E-state index >= 15 is 0 Å². The number of hydrogen-bond acceptors (Lipinski definition) is 6. The Hall–Kier alpha value is -3.18. The third-order valence-electron chi connectivity index (χ3n) is 4.62. The number of halogens is 1. The summed E-state index contributed by atoms with van der Waals surface area (Å²) in [5.74, 6) is -0.130. The SMILES string of the molecule is CS(=O)(=O)Nc1ccc(C2=NN(S(=O)(=O)c3ccc(F)cc3)[C@H](c3ccco3)C2)cc1. The smallest absolute Gasteiger partial charge is 0.279 e. The maximum Gasteiger partial charge on any atom is 0.279 e. The van der Waals surface area contributed by atoms with Gasteiger partial charge in [0.15, 0.2) is 0 Å². The lowest BCUT2D eigenvalue weighted by molar-refractivity contribution is 0.320. The lowest BCUT2D eigenvalue weighted by Gasteiger charge is -2.21. The van der Waals surface area contributed by atoms with E-state index in [2.05, 4.69) is 9.82 Å². The lowest BCUT2D eigenvalue weighted by atomic mass is 10.0. The first-order chi connectivity index (χ1) is 14.6. The van der Waals surface area contributed by atoms with E-state index < -0.39 is 31.9 Å². The van der Waals surface area contributed by atoms with Crippen molar-refractivity contribution in [2.75, 3.05) is 11.0 Å². The van der Waals surface area contributed by atoms with E-state index in [-0.39, 0.29) is 11.3 Å². The second-order valence-electron chi connectivity index (χ2n) is 6.97. The number of hydrogen-bond donors (Lipinski definition) is 1. The fraction of sp³-hybridized carbons (Fsp3) is 0.150. The highest BCUT2D eigenvalue weighted by atomic mass is 32.2. The highest BCUT2D eigenvalue weighted by Crippen LogP contribution is 2.37. The Morgan fingerprint density at radius 2 is 1.71 bits per heavy atom. The molecule has 11 heteroatoms. The van der Waals surface area contributed by atoms with E-state index in [1.54, 1.807) is 36.4 Å². The van der Waals surface area contributed by atoms with Crippen molar-refractivity contribution in [3.63, 3.8) is 0 Å². The second-order valence-corrected chi connectivity index (χ2v) is 10.5. The van der Waals surface area contributed by atoms with Crippen LogP contribution in [0.5, 0.6) is 0 Å². The van der Waals surface area contributed by atoms with Crippen molar-refractivity contribution in [2.24, 2.45) is 5.10 Å². The Morgan fingerprint density at radius 3 is 2.29 bits per heavy atom.